The molecule has 2 fully saturated rings. The smallest absolute Gasteiger partial charge is 0.314 e. The third kappa shape index (κ3) is 7.06. The van der Waals surface area contributed by atoms with E-state index in [0.717, 1.165) is 25.7 Å². The van der Waals surface area contributed by atoms with Crippen LogP contribution in [0.15, 0.2) is 24.3 Å². The van der Waals surface area contributed by atoms with E-state index in [0.29, 0.717) is 25.7 Å². The summed E-state index contributed by atoms with van der Waals surface area (Å²) in [6.07, 6.45) is 13.9. The average molecular weight is 403 g/mol. The number of carbonyl (C=O) groups excluding carboxylic acids is 4. The van der Waals surface area contributed by atoms with Crippen molar-refractivity contribution in [3.63, 3.8) is 0 Å². The SMILES string of the molecule is CC/C=C\CC1CCC(=O)C1CC(=O)OC(=O)CC1CCC(=O)C1C/C=C\CC. The number of carbonyl (C=O) groups is 4. The van der Waals surface area contributed by atoms with Gasteiger partial charge >= 0.3 is 11.9 Å². The first-order valence-corrected chi connectivity index (χ1v) is 11.0. The van der Waals surface area contributed by atoms with Gasteiger partial charge in [-0.15, -0.1) is 0 Å². The fourth-order valence-electron chi connectivity index (χ4n) is 4.54. The van der Waals surface area contributed by atoms with E-state index >= 15 is 0 Å². The highest BCUT2D eigenvalue weighted by molar-refractivity contribution is 5.91. The second-order valence-electron chi connectivity index (χ2n) is 8.23. The molecule has 160 valence electrons. The Morgan fingerprint density at radius 3 is 2.00 bits per heavy atom. The normalized spacial score (nSPS) is 27.4. The fourth-order valence-corrected chi connectivity index (χ4v) is 4.54. The van der Waals surface area contributed by atoms with Crippen LogP contribution in [0.5, 0.6) is 0 Å². The molecular weight excluding hydrogens is 368 g/mol. The second kappa shape index (κ2) is 11.8. The van der Waals surface area contributed by atoms with E-state index in [1.165, 1.54) is 0 Å². The molecule has 0 aromatic rings. The van der Waals surface area contributed by atoms with Crippen molar-refractivity contribution in [1.29, 1.82) is 0 Å². The molecule has 0 N–H and O–H groups in total. The van der Waals surface area contributed by atoms with Gasteiger partial charge in [0.2, 0.25) is 0 Å². The van der Waals surface area contributed by atoms with Gasteiger partial charge in [0.25, 0.3) is 0 Å². The van der Waals surface area contributed by atoms with E-state index in [4.69, 9.17) is 4.74 Å². The Balaban J connectivity index is 1.84. The Kier molecular flexibility index (Phi) is 9.49. The highest BCUT2D eigenvalue weighted by Gasteiger charge is 2.38. The van der Waals surface area contributed by atoms with Crippen LogP contribution in [-0.2, 0) is 23.9 Å². The maximum Gasteiger partial charge on any atom is 0.314 e. The first-order valence-electron chi connectivity index (χ1n) is 11.0. The Labute approximate surface area is 174 Å². The minimum Gasteiger partial charge on any atom is -0.393 e. The van der Waals surface area contributed by atoms with Gasteiger partial charge in [-0.2, -0.15) is 0 Å². The minimum absolute atomic E-state index is 0.0263. The van der Waals surface area contributed by atoms with E-state index in [-0.39, 0.29) is 48.1 Å². The zero-order valence-electron chi connectivity index (χ0n) is 17.7. The summed E-state index contributed by atoms with van der Waals surface area (Å²) in [6.45, 7) is 4.09. The van der Waals surface area contributed by atoms with Crippen molar-refractivity contribution < 1.29 is 23.9 Å². The van der Waals surface area contributed by atoms with Crippen molar-refractivity contribution in [3.8, 4) is 0 Å². The van der Waals surface area contributed by atoms with Gasteiger partial charge in [0.05, 0.1) is 6.42 Å². The molecule has 2 rings (SSSR count). The van der Waals surface area contributed by atoms with Crippen LogP contribution in [0.2, 0.25) is 0 Å². The van der Waals surface area contributed by atoms with Gasteiger partial charge in [-0.3, -0.25) is 19.2 Å². The summed E-state index contributed by atoms with van der Waals surface area (Å²) in [5.41, 5.74) is 0. The summed E-state index contributed by atoms with van der Waals surface area (Å²) < 4.78 is 5.03. The molecule has 5 heteroatoms. The topological polar surface area (TPSA) is 77.5 Å². The van der Waals surface area contributed by atoms with Crippen LogP contribution >= 0.6 is 0 Å². The summed E-state index contributed by atoms with van der Waals surface area (Å²) >= 11 is 0. The molecule has 0 aromatic carbocycles. The number of ether oxygens (including phenoxy) is 1. The standard InChI is InChI=1S/C24H34O5/c1-3-5-7-9-17-11-13-22(26)20(17)16-24(28)29-23(27)15-18-12-14-21(25)19(18)10-8-6-4-2/h5-8,17-20H,3-4,9-16H2,1-2H3/b7-5-,8-6-. The number of allylic oxidation sites excluding steroid dienone is 4. The Bertz CT molecular complexity index is 660. The molecule has 2 aliphatic rings. The molecule has 0 aromatic heterocycles. The van der Waals surface area contributed by atoms with E-state index < -0.39 is 11.9 Å². The summed E-state index contributed by atoms with van der Waals surface area (Å²) in [7, 11) is 0. The predicted molar refractivity (Wildman–Crippen MR) is 111 cm³/mol. The number of Topliss-reactive ketones (excluding diaryl/α,β-unsaturated/α-hetero) is 2. The van der Waals surface area contributed by atoms with Crippen LogP contribution < -0.4 is 0 Å². The predicted octanol–water partition coefficient (Wildman–Crippen LogP) is 4.74. The number of esters is 2. The van der Waals surface area contributed by atoms with Crippen LogP contribution in [-0.4, -0.2) is 23.5 Å². The Hall–Kier alpha value is -2.04. The summed E-state index contributed by atoms with van der Waals surface area (Å²) in [4.78, 5) is 48.8. The molecule has 0 saturated heterocycles. The number of rotatable bonds is 10. The molecule has 0 amide bonds. The first-order chi connectivity index (χ1) is 14.0. The van der Waals surface area contributed by atoms with Gasteiger partial charge in [-0.25, -0.2) is 0 Å². The van der Waals surface area contributed by atoms with Crippen molar-refractivity contribution in [1.82, 2.24) is 0 Å². The van der Waals surface area contributed by atoms with Gasteiger partial charge in [0.15, 0.2) is 0 Å². The van der Waals surface area contributed by atoms with Crippen molar-refractivity contribution in [3.05, 3.63) is 24.3 Å². The van der Waals surface area contributed by atoms with Crippen LogP contribution in [0.1, 0.15) is 78.1 Å². The van der Waals surface area contributed by atoms with Crippen LogP contribution in [0, 0.1) is 23.7 Å². The van der Waals surface area contributed by atoms with Crippen molar-refractivity contribution in [2.45, 2.75) is 78.1 Å². The monoisotopic (exact) mass is 402 g/mol. The van der Waals surface area contributed by atoms with Crippen molar-refractivity contribution >= 4 is 23.5 Å². The lowest BCUT2D eigenvalue weighted by Crippen LogP contribution is -2.24. The molecule has 2 saturated carbocycles. The maximum absolute atomic E-state index is 12.3. The van der Waals surface area contributed by atoms with Gasteiger partial charge in [-0.1, -0.05) is 38.2 Å². The lowest BCUT2D eigenvalue weighted by Gasteiger charge is -2.17. The zero-order valence-corrected chi connectivity index (χ0v) is 17.7. The number of ketones is 2. The molecule has 5 nitrogen and oxygen atoms in total. The summed E-state index contributed by atoms with van der Waals surface area (Å²) in [5.74, 6) is -1.34. The molecule has 2 aliphatic carbocycles. The largest absolute Gasteiger partial charge is 0.393 e. The highest BCUT2D eigenvalue weighted by atomic mass is 16.6. The van der Waals surface area contributed by atoms with Gasteiger partial charge in [0.1, 0.15) is 11.6 Å². The van der Waals surface area contributed by atoms with E-state index in [1.807, 2.05) is 19.1 Å². The third-order valence-corrected chi connectivity index (χ3v) is 6.16. The van der Waals surface area contributed by atoms with Crippen LogP contribution in [0.25, 0.3) is 0 Å². The van der Waals surface area contributed by atoms with E-state index in [2.05, 4.69) is 19.1 Å². The maximum atomic E-state index is 12.3. The fraction of sp³-hybridized carbons (Fsp3) is 0.667. The summed E-state index contributed by atoms with van der Waals surface area (Å²) in [5, 5.41) is 0. The van der Waals surface area contributed by atoms with Crippen molar-refractivity contribution in [2.75, 3.05) is 0 Å². The van der Waals surface area contributed by atoms with Gasteiger partial charge < -0.3 is 4.74 Å². The third-order valence-electron chi connectivity index (χ3n) is 6.16. The Morgan fingerprint density at radius 1 is 0.793 bits per heavy atom. The van der Waals surface area contributed by atoms with Crippen LogP contribution in [0.4, 0.5) is 0 Å². The van der Waals surface area contributed by atoms with Crippen LogP contribution in [0.3, 0.4) is 0 Å². The number of hydrogen-bond donors (Lipinski definition) is 0. The Morgan fingerprint density at radius 2 is 1.34 bits per heavy atom. The lowest BCUT2D eigenvalue weighted by atomic mass is 9.89. The number of hydrogen-bond acceptors (Lipinski definition) is 5. The first kappa shape index (κ1) is 23.2. The molecule has 0 aliphatic heterocycles. The molecule has 0 spiro atoms. The van der Waals surface area contributed by atoms with Gasteiger partial charge in [0, 0.05) is 31.1 Å². The van der Waals surface area contributed by atoms with E-state index in [1.54, 1.807) is 0 Å². The second-order valence-corrected chi connectivity index (χ2v) is 8.23. The molecule has 29 heavy (non-hydrogen) atoms. The molecule has 0 radical (unpaired) electrons. The van der Waals surface area contributed by atoms with E-state index in [9.17, 15) is 19.2 Å². The quantitative estimate of drug-likeness (QED) is 0.300. The van der Waals surface area contributed by atoms with Gasteiger partial charge in [-0.05, 0) is 50.4 Å². The molecule has 0 bridgehead atoms. The molecule has 4 unspecified atom stereocenters. The summed E-state index contributed by atoms with van der Waals surface area (Å²) in [6, 6.07) is 0. The molecule has 4 atom stereocenters. The van der Waals surface area contributed by atoms with Crippen molar-refractivity contribution in [2.24, 2.45) is 23.7 Å². The highest BCUT2D eigenvalue weighted by Crippen LogP contribution is 2.36. The molecular formula is C24H34O5. The average Bonchev–Trinajstić information content (AvgIpc) is 3.19. The lowest BCUT2D eigenvalue weighted by molar-refractivity contribution is -0.161. The minimum atomic E-state index is -0.619. The molecule has 0 heterocycles. The zero-order chi connectivity index (χ0) is 21.2.